The molecule has 2 atom stereocenters. The Hall–Kier alpha value is -0.740. The van der Waals surface area contributed by atoms with Gasteiger partial charge in [0.15, 0.2) is 0 Å². The van der Waals surface area contributed by atoms with E-state index in [2.05, 4.69) is 10.3 Å². The SMILES string of the molecule is Cl.O=C(c1cc(S(=O)(=O)N2CCSCC2)c[nH]1)N1CC[C@@H]2CNC[C@@H]2CC1. The van der Waals surface area contributed by atoms with Crippen molar-refractivity contribution in [3.05, 3.63) is 18.0 Å². The Morgan fingerprint density at radius 3 is 2.33 bits per heavy atom. The van der Waals surface area contributed by atoms with Crippen LogP contribution in [0.2, 0.25) is 0 Å². The van der Waals surface area contributed by atoms with E-state index in [0.29, 0.717) is 30.6 Å². The quantitative estimate of drug-likeness (QED) is 0.747. The van der Waals surface area contributed by atoms with Crippen molar-refractivity contribution < 1.29 is 13.2 Å². The van der Waals surface area contributed by atoms with Gasteiger partial charge in [-0.05, 0) is 43.8 Å². The molecule has 152 valence electrons. The van der Waals surface area contributed by atoms with Crippen LogP contribution in [0.5, 0.6) is 0 Å². The summed E-state index contributed by atoms with van der Waals surface area (Å²) < 4.78 is 27.0. The summed E-state index contributed by atoms with van der Waals surface area (Å²) in [6, 6.07) is 1.51. The predicted molar refractivity (Wildman–Crippen MR) is 109 cm³/mol. The molecule has 0 aromatic carbocycles. The number of hydrogen-bond acceptors (Lipinski definition) is 5. The number of carbonyl (C=O) groups is 1. The highest BCUT2D eigenvalue weighted by Gasteiger charge is 2.33. The van der Waals surface area contributed by atoms with Gasteiger partial charge in [-0.3, -0.25) is 4.79 Å². The normalized spacial score (nSPS) is 26.9. The van der Waals surface area contributed by atoms with Crippen LogP contribution in [0.1, 0.15) is 23.3 Å². The number of amides is 1. The number of sulfonamides is 1. The number of likely N-dealkylation sites (tertiary alicyclic amines) is 1. The summed E-state index contributed by atoms with van der Waals surface area (Å²) in [5.74, 6) is 2.86. The molecule has 0 spiro atoms. The van der Waals surface area contributed by atoms with Crippen LogP contribution in [0, 0.1) is 11.8 Å². The average molecular weight is 435 g/mol. The van der Waals surface area contributed by atoms with Crippen molar-refractivity contribution in [1.29, 1.82) is 0 Å². The third-order valence-corrected chi connectivity index (χ3v) is 8.62. The molecule has 3 aliphatic rings. The van der Waals surface area contributed by atoms with E-state index in [0.717, 1.165) is 50.5 Å². The van der Waals surface area contributed by atoms with Gasteiger partial charge in [0.2, 0.25) is 10.0 Å². The Morgan fingerprint density at radius 2 is 1.70 bits per heavy atom. The first-order valence-corrected chi connectivity index (χ1v) is 11.9. The van der Waals surface area contributed by atoms with Crippen LogP contribution in [0.25, 0.3) is 0 Å². The second-order valence-electron chi connectivity index (χ2n) is 7.31. The van der Waals surface area contributed by atoms with Crippen LogP contribution in [-0.4, -0.2) is 79.3 Å². The van der Waals surface area contributed by atoms with Gasteiger partial charge in [-0.2, -0.15) is 16.1 Å². The van der Waals surface area contributed by atoms with Crippen molar-refractivity contribution in [3.8, 4) is 0 Å². The van der Waals surface area contributed by atoms with E-state index >= 15 is 0 Å². The van der Waals surface area contributed by atoms with Gasteiger partial charge in [0.1, 0.15) is 10.6 Å². The second kappa shape index (κ2) is 8.73. The molecule has 4 heterocycles. The highest BCUT2D eigenvalue weighted by atomic mass is 35.5. The monoisotopic (exact) mass is 434 g/mol. The zero-order chi connectivity index (χ0) is 18.1. The van der Waals surface area contributed by atoms with Gasteiger partial charge in [0.05, 0.1) is 0 Å². The Labute approximate surface area is 171 Å². The molecular weight excluding hydrogens is 408 g/mol. The Balaban J connectivity index is 0.00000210. The Kier molecular flexibility index (Phi) is 6.79. The zero-order valence-electron chi connectivity index (χ0n) is 15.2. The molecular formula is C17H27ClN4O3S2. The second-order valence-corrected chi connectivity index (χ2v) is 10.5. The fourth-order valence-electron chi connectivity index (χ4n) is 4.17. The summed E-state index contributed by atoms with van der Waals surface area (Å²) in [5, 5.41) is 3.44. The van der Waals surface area contributed by atoms with Gasteiger partial charge in [0, 0.05) is 43.9 Å². The molecule has 3 fully saturated rings. The lowest BCUT2D eigenvalue weighted by Crippen LogP contribution is -2.37. The van der Waals surface area contributed by atoms with Crippen molar-refractivity contribution in [2.75, 3.05) is 50.8 Å². The first-order valence-electron chi connectivity index (χ1n) is 9.32. The van der Waals surface area contributed by atoms with Crippen LogP contribution in [0.15, 0.2) is 17.2 Å². The lowest BCUT2D eigenvalue weighted by molar-refractivity contribution is 0.0753. The molecule has 3 aliphatic heterocycles. The number of aromatic amines is 1. The number of nitrogens with zero attached hydrogens (tertiary/aromatic N) is 2. The predicted octanol–water partition coefficient (Wildman–Crippen LogP) is 1.25. The van der Waals surface area contributed by atoms with Gasteiger partial charge in [-0.1, -0.05) is 0 Å². The first kappa shape index (κ1) is 21.0. The maximum Gasteiger partial charge on any atom is 0.270 e. The number of carbonyl (C=O) groups excluding carboxylic acids is 1. The standard InChI is InChI=1S/C17H26N4O3S2.ClH/c22-17(20-3-1-13-10-18-11-14(13)2-4-20)16-9-15(12-19-16)26(23,24)21-5-7-25-8-6-21;/h9,12-14,18-19H,1-8,10-11H2;1H/t13-,14+;. The van der Waals surface area contributed by atoms with Crippen LogP contribution in [0.3, 0.4) is 0 Å². The molecule has 0 saturated carbocycles. The van der Waals surface area contributed by atoms with Gasteiger partial charge < -0.3 is 15.2 Å². The number of thioether (sulfide) groups is 1. The number of hydrogen-bond donors (Lipinski definition) is 2. The minimum atomic E-state index is -3.52. The molecule has 3 saturated heterocycles. The van der Waals surface area contributed by atoms with E-state index in [1.54, 1.807) is 11.8 Å². The molecule has 1 aromatic rings. The maximum absolute atomic E-state index is 12.9. The van der Waals surface area contributed by atoms with E-state index in [1.807, 2.05) is 4.90 Å². The number of nitrogens with one attached hydrogen (secondary N) is 2. The average Bonchev–Trinajstić information content (AvgIpc) is 3.28. The summed E-state index contributed by atoms with van der Waals surface area (Å²) >= 11 is 1.77. The largest absolute Gasteiger partial charge is 0.356 e. The van der Waals surface area contributed by atoms with Gasteiger partial charge >= 0.3 is 0 Å². The third-order valence-electron chi connectivity index (χ3n) is 5.80. The summed E-state index contributed by atoms with van der Waals surface area (Å²) in [6.07, 6.45) is 3.49. The molecule has 0 radical (unpaired) electrons. The molecule has 10 heteroatoms. The van der Waals surface area contributed by atoms with E-state index in [1.165, 1.54) is 16.6 Å². The molecule has 7 nitrogen and oxygen atoms in total. The molecule has 2 N–H and O–H groups in total. The van der Waals surface area contributed by atoms with Crippen molar-refractivity contribution in [2.24, 2.45) is 11.8 Å². The number of fused-ring (bicyclic) bond motifs is 1. The van der Waals surface area contributed by atoms with Gasteiger partial charge in [-0.25, -0.2) is 8.42 Å². The molecule has 0 aliphatic carbocycles. The van der Waals surface area contributed by atoms with Crippen LogP contribution >= 0.6 is 24.2 Å². The molecule has 27 heavy (non-hydrogen) atoms. The molecule has 4 rings (SSSR count). The maximum atomic E-state index is 12.9. The van der Waals surface area contributed by atoms with Crippen molar-refractivity contribution >= 4 is 40.1 Å². The highest BCUT2D eigenvalue weighted by Crippen LogP contribution is 2.28. The fourth-order valence-corrected chi connectivity index (χ4v) is 6.74. The van der Waals surface area contributed by atoms with Gasteiger partial charge in [0.25, 0.3) is 5.91 Å². The van der Waals surface area contributed by atoms with Crippen LogP contribution < -0.4 is 5.32 Å². The highest BCUT2D eigenvalue weighted by molar-refractivity contribution is 7.99. The molecule has 0 bridgehead atoms. The Morgan fingerprint density at radius 1 is 1.07 bits per heavy atom. The third kappa shape index (κ3) is 4.32. The molecule has 1 amide bonds. The number of aromatic nitrogens is 1. The van der Waals surface area contributed by atoms with Gasteiger partial charge in [-0.15, -0.1) is 12.4 Å². The summed E-state index contributed by atoms with van der Waals surface area (Å²) in [7, 11) is -3.52. The zero-order valence-corrected chi connectivity index (χ0v) is 17.7. The van der Waals surface area contributed by atoms with Crippen molar-refractivity contribution in [1.82, 2.24) is 19.5 Å². The number of H-pyrrole nitrogens is 1. The van der Waals surface area contributed by atoms with E-state index in [4.69, 9.17) is 0 Å². The smallest absolute Gasteiger partial charge is 0.270 e. The Bertz CT molecular complexity index is 750. The first-order chi connectivity index (χ1) is 12.6. The van der Waals surface area contributed by atoms with Crippen LogP contribution in [0.4, 0.5) is 0 Å². The van der Waals surface area contributed by atoms with E-state index in [-0.39, 0.29) is 23.2 Å². The van der Waals surface area contributed by atoms with E-state index in [9.17, 15) is 13.2 Å². The minimum Gasteiger partial charge on any atom is -0.356 e. The molecule has 0 unspecified atom stereocenters. The van der Waals surface area contributed by atoms with Crippen LogP contribution in [-0.2, 0) is 10.0 Å². The minimum absolute atomic E-state index is 0. The summed E-state index contributed by atoms with van der Waals surface area (Å²) in [4.78, 5) is 17.8. The summed E-state index contributed by atoms with van der Waals surface area (Å²) in [6.45, 7) is 4.64. The number of rotatable bonds is 3. The fraction of sp³-hybridized carbons (Fsp3) is 0.706. The molecule has 1 aromatic heterocycles. The lowest BCUT2D eigenvalue weighted by atomic mass is 9.92. The summed E-state index contributed by atoms with van der Waals surface area (Å²) in [5.41, 5.74) is 0.375. The van der Waals surface area contributed by atoms with E-state index < -0.39 is 10.0 Å². The van der Waals surface area contributed by atoms with Crippen molar-refractivity contribution in [3.63, 3.8) is 0 Å². The topological polar surface area (TPSA) is 85.5 Å². The number of halogens is 1. The lowest BCUT2D eigenvalue weighted by Gasteiger charge is -2.25. The van der Waals surface area contributed by atoms with Crippen molar-refractivity contribution in [2.45, 2.75) is 17.7 Å².